The SMILES string of the molecule is COCCn1ccc(C(=O)N2CC3(C2)OCCC3CCNC(=O)c2ccncc2)n1. The van der Waals surface area contributed by atoms with Gasteiger partial charge in [-0.2, -0.15) is 5.10 Å². The van der Waals surface area contributed by atoms with Crippen molar-refractivity contribution in [1.82, 2.24) is 25.0 Å². The van der Waals surface area contributed by atoms with E-state index >= 15 is 0 Å². The fraction of sp³-hybridized carbons (Fsp3) is 0.524. The molecule has 1 spiro atoms. The van der Waals surface area contributed by atoms with Crippen LogP contribution in [-0.2, 0) is 16.0 Å². The maximum absolute atomic E-state index is 12.7. The zero-order valence-electron chi connectivity index (χ0n) is 17.1. The van der Waals surface area contributed by atoms with Crippen molar-refractivity contribution in [2.75, 3.05) is 40.0 Å². The van der Waals surface area contributed by atoms with Crippen LogP contribution in [0.3, 0.4) is 0 Å². The molecule has 0 radical (unpaired) electrons. The molecule has 2 aromatic rings. The third-order valence-electron chi connectivity index (χ3n) is 5.91. The minimum Gasteiger partial charge on any atom is -0.383 e. The topological polar surface area (TPSA) is 98.6 Å². The summed E-state index contributed by atoms with van der Waals surface area (Å²) in [4.78, 5) is 30.6. The molecule has 9 nitrogen and oxygen atoms in total. The minimum absolute atomic E-state index is 0.0722. The smallest absolute Gasteiger partial charge is 0.274 e. The van der Waals surface area contributed by atoms with Crippen LogP contribution >= 0.6 is 0 Å². The number of hydrogen-bond acceptors (Lipinski definition) is 6. The van der Waals surface area contributed by atoms with Crippen molar-refractivity contribution in [2.45, 2.75) is 25.0 Å². The van der Waals surface area contributed by atoms with Crippen LogP contribution in [0, 0.1) is 5.92 Å². The first-order chi connectivity index (χ1) is 14.6. The number of amides is 2. The van der Waals surface area contributed by atoms with Gasteiger partial charge in [0.05, 0.1) is 26.2 Å². The second-order valence-corrected chi connectivity index (χ2v) is 7.80. The van der Waals surface area contributed by atoms with Crippen LogP contribution in [-0.4, -0.2) is 77.0 Å². The molecule has 2 aromatic heterocycles. The number of ether oxygens (including phenoxy) is 2. The highest BCUT2D eigenvalue weighted by molar-refractivity contribution is 5.94. The highest BCUT2D eigenvalue weighted by atomic mass is 16.5. The van der Waals surface area contributed by atoms with Gasteiger partial charge in [-0.05, 0) is 37.0 Å². The third kappa shape index (κ3) is 4.22. The molecule has 4 rings (SSSR count). The second-order valence-electron chi connectivity index (χ2n) is 7.80. The number of hydrogen-bond donors (Lipinski definition) is 1. The molecule has 2 fully saturated rings. The third-order valence-corrected chi connectivity index (χ3v) is 5.91. The van der Waals surface area contributed by atoms with Gasteiger partial charge in [0.1, 0.15) is 11.3 Å². The molecule has 1 N–H and O–H groups in total. The van der Waals surface area contributed by atoms with E-state index in [9.17, 15) is 9.59 Å². The average Bonchev–Trinajstić information content (AvgIpc) is 3.38. The molecule has 2 amide bonds. The van der Waals surface area contributed by atoms with Gasteiger partial charge in [0.15, 0.2) is 0 Å². The summed E-state index contributed by atoms with van der Waals surface area (Å²) in [5.41, 5.74) is 0.753. The lowest BCUT2D eigenvalue weighted by atomic mass is 9.78. The molecule has 2 aliphatic rings. The van der Waals surface area contributed by atoms with Crippen LogP contribution in [0.4, 0.5) is 0 Å². The standard InChI is InChI=1S/C21H27N5O4/c1-29-13-11-26-10-5-18(24-26)20(28)25-14-21(15-25)17(6-12-30-21)4-9-23-19(27)16-2-7-22-8-3-16/h2-3,5,7-8,10,17H,4,6,9,11-15H2,1H3,(H,23,27). The largest absolute Gasteiger partial charge is 0.383 e. The molecule has 160 valence electrons. The monoisotopic (exact) mass is 413 g/mol. The van der Waals surface area contributed by atoms with E-state index in [1.54, 1.807) is 53.5 Å². The Kier molecular flexibility index (Phi) is 6.10. The van der Waals surface area contributed by atoms with Gasteiger partial charge in [0.2, 0.25) is 0 Å². The fourth-order valence-electron chi connectivity index (χ4n) is 4.20. The average molecular weight is 413 g/mol. The lowest BCUT2D eigenvalue weighted by Crippen LogP contribution is -2.66. The number of aromatic nitrogens is 3. The molecule has 1 atom stereocenters. The molecule has 0 aromatic carbocycles. The van der Waals surface area contributed by atoms with Crippen molar-refractivity contribution < 1.29 is 19.1 Å². The first kappa shape index (κ1) is 20.5. The Labute approximate surface area is 175 Å². The van der Waals surface area contributed by atoms with Crippen molar-refractivity contribution in [3.8, 4) is 0 Å². The molecular formula is C21H27N5O4. The molecule has 30 heavy (non-hydrogen) atoms. The highest BCUT2D eigenvalue weighted by Gasteiger charge is 2.54. The van der Waals surface area contributed by atoms with Crippen LogP contribution in [0.15, 0.2) is 36.8 Å². The van der Waals surface area contributed by atoms with Gasteiger partial charge in [-0.1, -0.05) is 0 Å². The van der Waals surface area contributed by atoms with Crippen molar-refractivity contribution in [3.05, 3.63) is 48.0 Å². The first-order valence-electron chi connectivity index (χ1n) is 10.3. The van der Waals surface area contributed by atoms with Crippen molar-refractivity contribution in [1.29, 1.82) is 0 Å². The van der Waals surface area contributed by atoms with E-state index < -0.39 is 0 Å². The van der Waals surface area contributed by atoms with Crippen LogP contribution < -0.4 is 5.32 Å². The molecule has 1 unspecified atom stereocenters. The number of rotatable bonds is 8. The van der Waals surface area contributed by atoms with Gasteiger partial charge in [0, 0.05) is 44.4 Å². The Morgan fingerprint density at radius 2 is 2.10 bits per heavy atom. The lowest BCUT2D eigenvalue weighted by Gasteiger charge is -2.50. The van der Waals surface area contributed by atoms with E-state index in [4.69, 9.17) is 9.47 Å². The molecular weight excluding hydrogens is 386 g/mol. The molecule has 2 saturated heterocycles. The highest BCUT2D eigenvalue weighted by Crippen LogP contribution is 2.41. The predicted molar refractivity (Wildman–Crippen MR) is 108 cm³/mol. The Bertz CT molecular complexity index is 879. The Morgan fingerprint density at radius 1 is 1.30 bits per heavy atom. The Morgan fingerprint density at radius 3 is 2.87 bits per heavy atom. The Hall–Kier alpha value is -2.78. The summed E-state index contributed by atoms with van der Waals surface area (Å²) in [5.74, 6) is 0.149. The van der Waals surface area contributed by atoms with Gasteiger partial charge in [-0.25, -0.2) is 0 Å². The van der Waals surface area contributed by atoms with E-state index in [-0.39, 0.29) is 17.4 Å². The molecule has 4 heterocycles. The zero-order chi connectivity index (χ0) is 21.0. The van der Waals surface area contributed by atoms with Gasteiger partial charge >= 0.3 is 0 Å². The van der Waals surface area contributed by atoms with Crippen LogP contribution in [0.2, 0.25) is 0 Å². The van der Waals surface area contributed by atoms with Crippen LogP contribution in [0.5, 0.6) is 0 Å². The second kappa shape index (κ2) is 8.93. The summed E-state index contributed by atoms with van der Waals surface area (Å²) in [6.45, 7) is 3.57. The quantitative estimate of drug-likeness (QED) is 0.693. The normalized spacial score (nSPS) is 19.6. The van der Waals surface area contributed by atoms with E-state index in [1.165, 1.54) is 0 Å². The van der Waals surface area contributed by atoms with Gasteiger partial charge in [-0.15, -0.1) is 0 Å². The molecule has 9 heteroatoms. The van der Waals surface area contributed by atoms with Gasteiger partial charge in [-0.3, -0.25) is 19.3 Å². The maximum atomic E-state index is 12.7. The number of likely N-dealkylation sites (tertiary alicyclic amines) is 1. The number of nitrogens with one attached hydrogen (secondary N) is 1. The molecule has 0 aliphatic carbocycles. The summed E-state index contributed by atoms with van der Waals surface area (Å²) in [7, 11) is 1.64. The number of pyridine rings is 1. The van der Waals surface area contributed by atoms with Crippen LogP contribution in [0.1, 0.15) is 33.7 Å². The van der Waals surface area contributed by atoms with Gasteiger partial charge < -0.3 is 19.7 Å². The number of carbonyl (C=O) groups excluding carboxylic acids is 2. The maximum Gasteiger partial charge on any atom is 0.274 e. The number of methoxy groups -OCH3 is 1. The van der Waals surface area contributed by atoms with Gasteiger partial charge in [0.25, 0.3) is 11.8 Å². The molecule has 2 aliphatic heterocycles. The Balaban J connectivity index is 1.26. The summed E-state index contributed by atoms with van der Waals surface area (Å²) in [5, 5.41) is 7.30. The van der Waals surface area contributed by atoms with Crippen molar-refractivity contribution in [2.24, 2.45) is 5.92 Å². The lowest BCUT2D eigenvalue weighted by molar-refractivity contribution is -0.118. The minimum atomic E-state index is -0.296. The first-order valence-corrected chi connectivity index (χ1v) is 10.3. The molecule has 0 bridgehead atoms. The van der Waals surface area contributed by atoms with Crippen molar-refractivity contribution in [3.63, 3.8) is 0 Å². The summed E-state index contributed by atoms with van der Waals surface area (Å²) in [6, 6.07) is 5.13. The predicted octanol–water partition coefficient (Wildman–Crippen LogP) is 0.976. The van der Waals surface area contributed by atoms with E-state index in [2.05, 4.69) is 15.4 Å². The number of nitrogens with zero attached hydrogens (tertiary/aromatic N) is 4. The summed E-state index contributed by atoms with van der Waals surface area (Å²) in [6.07, 6.45) is 6.77. The molecule has 0 saturated carbocycles. The fourth-order valence-corrected chi connectivity index (χ4v) is 4.20. The van der Waals surface area contributed by atoms with E-state index in [1.807, 2.05) is 0 Å². The summed E-state index contributed by atoms with van der Waals surface area (Å²) < 4.78 is 12.8. The number of carbonyl (C=O) groups is 2. The van der Waals surface area contributed by atoms with E-state index in [0.717, 1.165) is 12.8 Å². The zero-order valence-corrected chi connectivity index (χ0v) is 17.1. The van der Waals surface area contributed by atoms with Crippen molar-refractivity contribution >= 4 is 11.8 Å². The summed E-state index contributed by atoms with van der Waals surface area (Å²) >= 11 is 0. The van der Waals surface area contributed by atoms with E-state index in [0.29, 0.717) is 56.6 Å². The van der Waals surface area contributed by atoms with Crippen LogP contribution in [0.25, 0.3) is 0 Å².